The number of rotatable bonds is 4. The predicted octanol–water partition coefficient (Wildman–Crippen LogP) is 0.0526. The maximum absolute atomic E-state index is 8.97. The molecule has 0 aromatic rings. The zero-order valence-electron chi connectivity index (χ0n) is 7.92. The second kappa shape index (κ2) is 5.51. The Labute approximate surface area is 74.8 Å². The van der Waals surface area contributed by atoms with E-state index in [1.54, 1.807) is 0 Å². The number of hydrogen-bond acceptors (Lipinski definition) is 3. The van der Waals surface area contributed by atoms with Crippen molar-refractivity contribution < 1.29 is 5.11 Å². The summed E-state index contributed by atoms with van der Waals surface area (Å²) in [5.74, 6) is 0. The van der Waals surface area contributed by atoms with Gasteiger partial charge in [-0.1, -0.05) is 6.42 Å². The Bertz CT molecular complexity index is 109. The van der Waals surface area contributed by atoms with Crippen molar-refractivity contribution in [3.8, 4) is 0 Å². The number of nitrogens with zero attached hydrogens (tertiary/aromatic N) is 1. The fraction of sp³-hybridized carbons (Fsp3) is 1.00. The maximum atomic E-state index is 8.97. The van der Waals surface area contributed by atoms with Crippen molar-refractivity contribution in [2.45, 2.75) is 25.3 Å². The minimum Gasteiger partial charge on any atom is -0.395 e. The first-order valence-electron chi connectivity index (χ1n) is 4.87. The largest absolute Gasteiger partial charge is 0.395 e. The highest BCUT2D eigenvalue weighted by molar-refractivity contribution is 4.72. The molecule has 0 aliphatic carbocycles. The molecule has 0 radical (unpaired) electrons. The quantitative estimate of drug-likeness (QED) is 0.629. The van der Waals surface area contributed by atoms with Crippen LogP contribution in [0, 0.1) is 0 Å². The van der Waals surface area contributed by atoms with E-state index in [1.165, 1.54) is 32.4 Å². The third-order valence-corrected chi connectivity index (χ3v) is 2.56. The van der Waals surface area contributed by atoms with Crippen molar-refractivity contribution in [1.29, 1.82) is 0 Å². The van der Waals surface area contributed by atoms with E-state index in [1.807, 2.05) is 7.05 Å². The minimum absolute atomic E-state index is 0.243. The van der Waals surface area contributed by atoms with Gasteiger partial charge in [0.15, 0.2) is 0 Å². The zero-order valence-corrected chi connectivity index (χ0v) is 7.92. The van der Waals surface area contributed by atoms with Gasteiger partial charge in [0.05, 0.1) is 6.61 Å². The highest BCUT2D eigenvalue weighted by atomic mass is 16.3. The van der Waals surface area contributed by atoms with E-state index >= 15 is 0 Å². The molecule has 0 saturated carbocycles. The molecule has 1 saturated heterocycles. The van der Waals surface area contributed by atoms with Crippen LogP contribution in [0.25, 0.3) is 0 Å². The Morgan fingerprint density at radius 2 is 2.00 bits per heavy atom. The summed E-state index contributed by atoms with van der Waals surface area (Å²) >= 11 is 0. The molecule has 1 rings (SSSR count). The van der Waals surface area contributed by atoms with Crippen LogP contribution in [-0.2, 0) is 0 Å². The first-order chi connectivity index (χ1) is 5.86. The molecular weight excluding hydrogens is 152 g/mol. The molecule has 0 aromatic carbocycles. The van der Waals surface area contributed by atoms with Crippen molar-refractivity contribution in [3.63, 3.8) is 0 Å². The van der Waals surface area contributed by atoms with Crippen molar-refractivity contribution in [1.82, 2.24) is 10.2 Å². The first-order valence-corrected chi connectivity index (χ1v) is 4.87. The number of aliphatic hydroxyl groups excluding tert-OH is 1. The molecule has 2 N–H and O–H groups in total. The van der Waals surface area contributed by atoms with Gasteiger partial charge in [0.25, 0.3) is 0 Å². The number of hydrogen-bond donors (Lipinski definition) is 2. The summed E-state index contributed by atoms with van der Waals surface area (Å²) in [5.41, 5.74) is 0. The molecule has 0 spiro atoms. The standard InChI is InChI=1S/C9H20N2O/c1-10-9(8-12)7-11-5-3-2-4-6-11/h9-10,12H,2-8H2,1H3. The Balaban J connectivity index is 2.18. The molecule has 0 amide bonds. The lowest BCUT2D eigenvalue weighted by Crippen LogP contribution is -2.43. The van der Waals surface area contributed by atoms with Crippen LogP contribution in [0.2, 0.25) is 0 Å². The molecule has 1 fully saturated rings. The average Bonchev–Trinajstić information content (AvgIpc) is 2.16. The molecule has 1 atom stereocenters. The van der Waals surface area contributed by atoms with Crippen molar-refractivity contribution in [2.75, 3.05) is 33.3 Å². The lowest BCUT2D eigenvalue weighted by molar-refractivity contribution is 0.167. The van der Waals surface area contributed by atoms with Gasteiger partial charge in [0, 0.05) is 12.6 Å². The van der Waals surface area contributed by atoms with Crippen molar-refractivity contribution in [2.24, 2.45) is 0 Å². The second-order valence-electron chi connectivity index (χ2n) is 3.53. The molecule has 1 aliphatic heterocycles. The highest BCUT2D eigenvalue weighted by Gasteiger charge is 2.13. The third-order valence-electron chi connectivity index (χ3n) is 2.56. The molecular formula is C9H20N2O. The fourth-order valence-corrected chi connectivity index (χ4v) is 1.69. The van der Waals surface area contributed by atoms with Gasteiger partial charge in [0.2, 0.25) is 0 Å². The SMILES string of the molecule is CNC(CO)CN1CCCCC1. The van der Waals surface area contributed by atoms with Crippen LogP contribution in [-0.4, -0.2) is 49.3 Å². The van der Waals surface area contributed by atoms with Gasteiger partial charge in [-0.05, 0) is 33.0 Å². The van der Waals surface area contributed by atoms with Gasteiger partial charge in [-0.2, -0.15) is 0 Å². The van der Waals surface area contributed by atoms with E-state index in [0.29, 0.717) is 0 Å². The van der Waals surface area contributed by atoms with E-state index < -0.39 is 0 Å². The summed E-state index contributed by atoms with van der Waals surface area (Å²) in [4.78, 5) is 2.43. The van der Waals surface area contributed by atoms with Gasteiger partial charge in [0.1, 0.15) is 0 Å². The lowest BCUT2D eigenvalue weighted by Gasteiger charge is -2.29. The lowest BCUT2D eigenvalue weighted by atomic mass is 10.1. The first kappa shape index (κ1) is 9.96. The van der Waals surface area contributed by atoms with E-state index in [-0.39, 0.29) is 12.6 Å². The van der Waals surface area contributed by atoms with Crippen LogP contribution in [0.4, 0.5) is 0 Å². The molecule has 1 heterocycles. The van der Waals surface area contributed by atoms with E-state index in [2.05, 4.69) is 10.2 Å². The monoisotopic (exact) mass is 172 g/mol. The van der Waals surface area contributed by atoms with Crippen LogP contribution in [0.1, 0.15) is 19.3 Å². The number of likely N-dealkylation sites (N-methyl/N-ethyl adjacent to an activating group) is 1. The number of aliphatic hydroxyl groups is 1. The van der Waals surface area contributed by atoms with Crippen LogP contribution in [0.15, 0.2) is 0 Å². The van der Waals surface area contributed by atoms with E-state index in [9.17, 15) is 0 Å². The van der Waals surface area contributed by atoms with Gasteiger partial charge < -0.3 is 15.3 Å². The summed E-state index contributed by atoms with van der Waals surface area (Å²) < 4.78 is 0. The van der Waals surface area contributed by atoms with Crippen molar-refractivity contribution in [3.05, 3.63) is 0 Å². The van der Waals surface area contributed by atoms with Gasteiger partial charge in [-0.15, -0.1) is 0 Å². The molecule has 3 nitrogen and oxygen atoms in total. The molecule has 0 aromatic heterocycles. The molecule has 3 heteroatoms. The molecule has 0 bridgehead atoms. The zero-order chi connectivity index (χ0) is 8.81. The van der Waals surface area contributed by atoms with Crippen molar-refractivity contribution >= 4 is 0 Å². The number of nitrogens with one attached hydrogen (secondary N) is 1. The Morgan fingerprint density at radius 1 is 1.33 bits per heavy atom. The Hall–Kier alpha value is -0.120. The molecule has 1 unspecified atom stereocenters. The van der Waals surface area contributed by atoms with E-state index in [4.69, 9.17) is 5.11 Å². The predicted molar refractivity (Wildman–Crippen MR) is 50.2 cm³/mol. The van der Waals surface area contributed by atoms with Crippen LogP contribution in [0.3, 0.4) is 0 Å². The van der Waals surface area contributed by atoms with Gasteiger partial charge in [-0.25, -0.2) is 0 Å². The second-order valence-corrected chi connectivity index (χ2v) is 3.53. The third kappa shape index (κ3) is 3.09. The van der Waals surface area contributed by atoms with Crippen LogP contribution < -0.4 is 5.32 Å². The minimum atomic E-state index is 0.243. The fourth-order valence-electron chi connectivity index (χ4n) is 1.69. The van der Waals surface area contributed by atoms with Gasteiger partial charge >= 0.3 is 0 Å². The summed E-state index contributed by atoms with van der Waals surface area (Å²) in [6, 6.07) is 0.253. The number of likely N-dealkylation sites (tertiary alicyclic amines) is 1. The smallest absolute Gasteiger partial charge is 0.0597 e. The Kier molecular flexibility index (Phi) is 4.58. The van der Waals surface area contributed by atoms with Crippen LogP contribution >= 0.6 is 0 Å². The van der Waals surface area contributed by atoms with E-state index in [0.717, 1.165) is 6.54 Å². The average molecular weight is 172 g/mol. The summed E-state index contributed by atoms with van der Waals surface area (Å²) in [5, 5.41) is 12.1. The topological polar surface area (TPSA) is 35.5 Å². The summed E-state index contributed by atoms with van der Waals surface area (Å²) in [6.45, 7) is 3.65. The number of piperidine rings is 1. The van der Waals surface area contributed by atoms with Crippen LogP contribution in [0.5, 0.6) is 0 Å². The normalized spacial score (nSPS) is 22.5. The summed E-state index contributed by atoms with van der Waals surface area (Å²) in [7, 11) is 1.91. The molecule has 12 heavy (non-hydrogen) atoms. The molecule has 1 aliphatic rings. The molecule has 72 valence electrons. The summed E-state index contributed by atoms with van der Waals surface area (Å²) in [6.07, 6.45) is 4.02. The Morgan fingerprint density at radius 3 is 2.50 bits per heavy atom. The maximum Gasteiger partial charge on any atom is 0.0597 e. The highest BCUT2D eigenvalue weighted by Crippen LogP contribution is 2.08. The van der Waals surface area contributed by atoms with Gasteiger partial charge in [-0.3, -0.25) is 0 Å².